The maximum absolute atomic E-state index is 3.46. The summed E-state index contributed by atoms with van der Waals surface area (Å²) in [6.45, 7) is 6.57. The lowest BCUT2D eigenvalue weighted by Gasteiger charge is -2.20. The second-order valence-corrected chi connectivity index (χ2v) is 5.58. The lowest BCUT2D eigenvalue weighted by molar-refractivity contribution is 0.686. The molecule has 0 radical (unpaired) electrons. The van der Waals surface area contributed by atoms with Crippen LogP contribution in [0.1, 0.15) is 47.2 Å². The van der Waals surface area contributed by atoms with Crippen LogP contribution in [0, 0.1) is 13.8 Å². The Labute approximate surface area is 123 Å². The third-order valence-electron chi connectivity index (χ3n) is 3.85. The summed E-state index contributed by atoms with van der Waals surface area (Å²) in [5, 5.41) is 3.46. The van der Waals surface area contributed by atoms with E-state index in [1.165, 1.54) is 34.2 Å². The van der Waals surface area contributed by atoms with Crippen LogP contribution in [0.4, 0.5) is 0 Å². The van der Waals surface area contributed by atoms with Gasteiger partial charge in [-0.1, -0.05) is 61.4 Å². The molecule has 0 aliphatic rings. The van der Waals surface area contributed by atoms with E-state index in [4.69, 9.17) is 0 Å². The summed E-state index contributed by atoms with van der Waals surface area (Å²) in [7, 11) is 2.04. The molecule has 2 aromatic rings. The van der Waals surface area contributed by atoms with E-state index in [1.807, 2.05) is 7.05 Å². The average Bonchev–Trinajstić information content (AvgIpc) is 2.43. The van der Waals surface area contributed by atoms with E-state index in [0.29, 0.717) is 0 Å². The van der Waals surface area contributed by atoms with E-state index in [2.05, 4.69) is 68.6 Å². The molecule has 0 fully saturated rings. The van der Waals surface area contributed by atoms with Gasteiger partial charge < -0.3 is 5.32 Å². The predicted octanol–water partition coefficient (Wildman–Crippen LogP) is 4.56. The van der Waals surface area contributed by atoms with Crippen molar-refractivity contribution in [2.75, 3.05) is 7.05 Å². The fourth-order valence-electron chi connectivity index (χ4n) is 2.87. The topological polar surface area (TPSA) is 12.0 Å². The third kappa shape index (κ3) is 3.29. The molecule has 0 aliphatic carbocycles. The first-order valence-electron chi connectivity index (χ1n) is 7.49. The Kier molecular flexibility index (Phi) is 4.97. The smallest absolute Gasteiger partial charge is 0.0576 e. The van der Waals surface area contributed by atoms with Crippen LogP contribution in [0.15, 0.2) is 42.5 Å². The van der Waals surface area contributed by atoms with Crippen LogP contribution in [0.3, 0.4) is 0 Å². The van der Waals surface area contributed by atoms with Crippen molar-refractivity contribution in [3.05, 3.63) is 70.3 Å². The highest BCUT2D eigenvalue weighted by molar-refractivity contribution is 5.40. The molecule has 1 N–H and O–H groups in total. The molecule has 106 valence electrons. The number of hydrogen-bond donors (Lipinski definition) is 1. The minimum atomic E-state index is 0.271. The third-order valence-corrected chi connectivity index (χ3v) is 3.85. The molecule has 1 atom stereocenters. The largest absolute Gasteiger partial charge is 0.309 e. The van der Waals surface area contributed by atoms with Gasteiger partial charge in [0.2, 0.25) is 0 Å². The molecule has 0 saturated heterocycles. The first-order chi connectivity index (χ1) is 9.65. The number of hydrogen-bond acceptors (Lipinski definition) is 1. The van der Waals surface area contributed by atoms with Crippen LogP contribution in [0.2, 0.25) is 0 Å². The number of aryl methyl sites for hydroxylation is 3. The number of rotatable bonds is 5. The van der Waals surface area contributed by atoms with E-state index >= 15 is 0 Å². The van der Waals surface area contributed by atoms with Crippen molar-refractivity contribution in [1.82, 2.24) is 5.32 Å². The summed E-state index contributed by atoms with van der Waals surface area (Å²) < 4.78 is 0. The summed E-state index contributed by atoms with van der Waals surface area (Å²) in [6, 6.07) is 15.9. The van der Waals surface area contributed by atoms with Crippen LogP contribution in [0.25, 0.3) is 0 Å². The standard InChI is InChI=1S/C19H25N/c1-5-7-16-8-6-9-17(13-16)19(20-4)18-11-10-14(2)12-15(18)3/h6,8-13,19-20H,5,7H2,1-4H3. The van der Waals surface area contributed by atoms with Crippen LogP contribution >= 0.6 is 0 Å². The molecular formula is C19H25N. The first-order valence-corrected chi connectivity index (χ1v) is 7.49. The zero-order valence-electron chi connectivity index (χ0n) is 13.0. The second-order valence-electron chi connectivity index (χ2n) is 5.58. The van der Waals surface area contributed by atoms with E-state index < -0.39 is 0 Å². The number of nitrogens with one attached hydrogen (secondary N) is 1. The Bertz CT molecular complexity index is 572. The molecule has 20 heavy (non-hydrogen) atoms. The molecule has 0 aromatic heterocycles. The van der Waals surface area contributed by atoms with Gasteiger partial charge in [-0.15, -0.1) is 0 Å². The number of benzene rings is 2. The van der Waals surface area contributed by atoms with Gasteiger partial charge in [-0.05, 0) is 49.6 Å². The van der Waals surface area contributed by atoms with Gasteiger partial charge >= 0.3 is 0 Å². The molecule has 0 amide bonds. The molecule has 0 heterocycles. The molecule has 0 aliphatic heterocycles. The highest BCUT2D eigenvalue weighted by Crippen LogP contribution is 2.26. The van der Waals surface area contributed by atoms with E-state index in [9.17, 15) is 0 Å². The quantitative estimate of drug-likeness (QED) is 0.837. The molecule has 0 saturated carbocycles. The fourth-order valence-corrected chi connectivity index (χ4v) is 2.87. The van der Waals surface area contributed by atoms with Crippen molar-refractivity contribution in [3.8, 4) is 0 Å². The molecular weight excluding hydrogens is 242 g/mol. The van der Waals surface area contributed by atoms with Crippen molar-refractivity contribution < 1.29 is 0 Å². The Morgan fingerprint density at radius 1 is 1.05 bits per heavy atom. The Morgan fingerprint density at radius 2 is 1.85 bits per heavy atom. The van der Waals surface area contributed by atoms with Crippen LogP contribution in [-0.4, -0.2) is 7.05 Å². The van der Waals surface area contributed by atoms with Crippen molar-refractivity contribution in [2.45, 2.75) is 39.7 Å². The minimum absolute atomic E-state index is 0.271. The van der Waals surface area contributed by atoms with Gasteiger partial charge in [-0.25, -0.2) is 0 Å². The molecule has 1 unspecified atom stereocenters. The summed E-state index contributed by atoms with van der Waals surface area (Å²) in [6.07, 6.45) is 2.34. The Balaban J connectivity index is 2.38. The second kappa shape index (κ2) is 6.71. The van der Waals surface area contributed by atoms with Crippen molar-refractivity contribution in [3.63, 3.8) is 0 Å². The molecule has 2 rings (SSSR count). The predicted molar refractivity (Wildman–Crippen MR) is 87.3 cm³/mol. The lowest BCUT2D eigenvalue weighted by atomic mass is 9.92. The van der Waals surface area contributed by atoms with Crippen molar-refractivity contribution >= 4 is 0 Å². The van der Waals surface area contributed by atoms with Gasteiger partial charge in [0.15, 0.2) is 0 Å². The molecule has 1 nitrogen and oxygen atoms in total. The normalized spacial score (nSPS) is 12.4. The average molecular weight is 267 g/mol. The van der Waals surface area contributed by atoms with Gasteiger partial charge in [0.25, 0.3) is 0 Å². The highest BCUT2D eigenvalue weighted by atomic mass is 14.9. The van der Waals surface area contributed by atoms with Crippen LogP contribution < -0.4 is 5.32 Å². The molecule has 1 heteroatoms. The SMILES string of the molecule is CCCc1cccc(C(NC)c2ccc(C)cc2C)c1. The first kappa shape index (κ1) is 14.8. The highest BCUT2D eigenvalue weighted by Gasteiger charge is 2.14. The van der Waals surface area contributed by atoms with E-state index in [1.54, 1.807) is 0 Å². The Morgan fingerprint density at radius 3 is 2.50 bits per heavy atom. The van der Waals surface area contributed by atoms with Crippen molar-refractivity contribution in [2.24, 2.45) is 0 Å². The molecule has 0 spiro atoms. The molecule has 2 aromatic carbocycles. The van der Waals surface area contributed by atoms with Crippen LogP contribution in [0.5, 0.6) is 0 Å². The van der Waals surface area contributed by atoms with E-state index in [-0.39, 0.29) is 6.04 Å². The van der Waals surface area contributed by atoms with Gasteiger partial charge in [0, 0.05) is 0 Å². The van der Waals surface area contributed by atoms with Gasteiger partial charge in [0.1, 0.15) is 0 Å². The van der Waals surface area contributed by atoms with Crippen LogP contribution in [-0.2, 0) is 6.42 Å². The van der Waals surface area contributed by atoms with Gasteiger partial charge in [-0.2, -0.15) is 0 Å². The lowest BCUT2D eigenvalue weighted by Crippen LogP contribution is -2.19. The van der Waals surface area contributed by atoms with Gasteiger partial charge in [0.05, 0.1) is 6.04 Å². The zero-order chi connectivity index (χ0) is 14.5. The summed E-state index contributed by atoms with van der Waals surface area (Å²) in [4.78, 5) is 0. The summed E-state index contributed by atoms with van der Waals surface area (Å²) >= 11 is 0. The Hall–Kier alpha value is -1.60. The van der Waals surface area contributed by atoms with Crippen molar-refractivity contribution in [1.29, 1.82) is 0 Å². The zero-order valence-corrected chi connectivity index (χ0v) is 13.0. The minimum Gasteiger partial charge on any atom is -0.309 e. The van der Waals surface area contributed by atoms with E-state index in [0.717, 1.165) is 6.42 Å². The maximum atomic E-state index is 3.46. The van der Waals surface area contributed by atoms with Gasteiger partial charge in [-0.3, -0.25) is 0 Å². The summed E-state index contributed by atoms with van der Waals surface area (Å²) in [5.74, 6) is 0. The maximum Gasteiger partial charge on any atom is 0.0576 e. The molecule has 0 bridgehead atoms. The summed E-state index contributed by atoms with van der Waals surface area (Å²) in [5.41, 5.74) is 6.82. The fraction of sp³-hybridized carbons (Fsp3) is 0.368. The monoisotopic (exact) mass is 267 g/mol.